The fourth-order valence-electron chi connectivity index (χ4n) is 4.28. The topological polar surface area (TPSA) is 234 Å². The standard InChI is InChI=1S/C20H14Cl2N4O7S2.C6H15NO3.Na/c1-10-18(20(27)26(25-10)16-8-14(22)17(9-13(16)21)34(28,29)30)24-23-15-7-6-11-4-2-3-5-12(11)19(15)35(31,32)33;8-4-1-7(2-5-9)3-6-10;/h2-9,18H,1H3,(H,28,29,30)(H,31,32,33);8-10H,1-6H2;/q;;+1. The molecule has 1 atom stereocenters. The van der Waals surface area contributed by atoms with Gasteiger partial charge in [0.15, 0.2) is 6.04 Å². The van der Waals surface area contributed by atoms with Crippen molar-refractivity contribution in [3.63, 3.8) is 0 Å². The van der Waals surface area contributed by atoms with Crippen molar-refractivity contribution in [3.8, 4) is 0 Å². The van der Waals surface area contributed by atoms with Gasteiger partial charge < -0.3 is 24.8 Å². The number of quaternary nitrogens is 1. The molecular weight excluding hydrogens is 700 g/mol. The predicted molar refractivity (Wildman–Crippen MR) is 164 cm³/mol. The van der Waals surface area contributed by atoms with Crippen molar-refractivity contribution in [2.24, 2.45) is 15.3 Å². The van der Waals surface area contributed by atoms with Gasteiger partial charge in [0.1, 0.15) is 40.3 Å². The molecule has 1 aliphatic rings. The van der Waals surface area contributed by atoms with Gasteiger partial charge in [-0.15, -0.1) is 0 Å². The molecule has 0 spiro atoms. The van der Waals surface area contributed by atoms with Gasteiger partial charge in [-0.25, -0.2) is 8.42 Å². The molecule has 0 fully saturated rings. The van der Waals surface area contributed by atoms with E-state index in [2.05, 4.69) is 15.3 Å². The van der Waals surface area contributed by atoms with Gasteiger partial charge in [-0.1, -0.05) is 53.5 Å². The van der Waals surface area contributed by atoms with Gasteiger partial charge in [0.05, 0.1) is 46.2 Å². The minimum atomic E-state index is -4.91. The van der Waals surface area contributed by atoms with Crippen molar-refractivity contribution >= 4 is 77.2 Å². The van der Waals surface area contributed by atoms with Crippen LogP contribution in [0.3, 0.4) is 0 Å². The fraction of sp³-hybridized carbons (Fsp3) is 0.308. The third-order valence-electron chi connectivity index (χ3n) is 6.39. The number of carbonyl (C=O) groups excluding carboxylic acids is 1. The average Bonchev–Trinajstić information content (AvgIpc) is 3.24. The number of aliphatic hydroxyl groups is 3. The molecule has 0 aliphatic carbocycles. The molecule has 0 saturated carbocycles. The van der Waals surface area contributed by atoms with Crippen LogP contribution in [0.5, 0.6) is 0 Å². The Morgan fingerprint density at radius 2 is 1.54 bits per heavy atom. The molecule has 46 heavy (non-hydrogen) atoms. The molecule has 0 bridgehead atoms. The van der Waals surface area contributed by atoms with Crippen LogP contribution in [0.1, 0.15) is 6.92 Å². The molecule has 0 radical (unpaired) electrons. The molecule has 20 heteroatoms. The monoisotopic (exact) mass is 728 g/mol. The van der Waals surface area contributed by atoms with E-state index in [-0.39, 0.29) is 76.9 Å². The number of carbonyl (C=O) groups is 1. The molecular formula is C26H29Cl2N5NaO10S2+. The van der Waals surface area contributed by atoms with Crippen LogP contribution in [-0.2, 0) is 25.0 Å². The second-order valence-corrected chi connectivity index (χ2v) is 13.0. The van der Waals surface area contributed by atoms with Crippen molar-refractivity contribution in [1.82, 2.24) is 0 Å². The molecule has 0 aromatic heterocycles. The van der Waals surface area contributed by atoms with Gasteiger partial charge in [-0.3, -0.25) is 9.35 Å². The van der Waals surface area contributed by atoms with E-state index in [1.165, 1.54) is 19.1 Å². The summed E-state index contributed by atoms with van der Waals surface area (Å²) < 4.78 is 67.8. The Bertz CT molecular complexity index is 1830. The summed E-state index contributed by atoms with van der Waals surface area (Å²) >= 11 is 12.0. The molecule has 1 aliphatic heterocycles. The van der Waals surface area contributed by atoms with E-state index in [9.17, 15) is 30.7 Å². The first-order valence-corrected chi connectivity index (χ1v) is 16.6. The molecule has 5 N–H and O–H groups in total. The number of nitrogens with one attached hydrogen (secondary N) is 1. The van der Waals surface area contributed by atoms with E-state index in [4.69, 9.17) is 38.5 Å². The molecule has 3 aromatic carbocycles. The Balaban J connectivity index is 0.000000580. The third-order valence-corrected chi connectivity index (χ3v) is 8.94. The summed E-state index contributed by atoms with van der Waals surface area (Å²) in [6.07, 6.45) is 0. The number of halogens is 2. The first-order chi connectivity index (χ1) is 21.1. The number of fused-ring (bicyclic) bond motifs is 1. The molecule has 244 valence electrons. The van der Waals surface area contributed by atoms with Crippen LogP contribution in [0.15, 0.2) is 73.7 Å². The first-order valence-electron chi connectivity index (χ1n) is 13.0. The SMILES string of the molecule is CC1=NN(c2cc(Cl)c(S(=O)(=O)[O-])cc2Cl)C(=O)C1N=Nc1ccc2ccccc2c1S(=O)(=O)O.OCC[NH+](CCO)CCO.[Na+]. The van der Waals surface area contributed by atoms with Crippen molar-refractivity contribution in [1.29, 1.82) is 0 Å². The Morgan fingerprint density at radius 3 is 2.09 bits per heavy atom. The molecule has 15 nitrogen and oxygen atoms in total. The summed E-state index contributed by atoms with van der Waals surface area (Å²) in [6, 6.07) is 9.86. The molecule has 1 unspecified atom stereocenters. The predicted octanol–water partition coefficient (Wildman–Crippen LogP) is -1.98. The van der Waals surface area contributed by atoms with E-state index in [1.807, 2.05) is 0 Å². The van der Waals surface area contributed by atoms with E-state index < -0.39 is 47.0 Å². The molecule has 1 amide bonds. The van der Waals surface area contributed by atoms with Crippen molar-refractivity contribution < 1.29 is 80.5 Å². The van der Waals surface area contributed by atoms with Crippen LogP contribution in [0.25, 0.3) is 10.8 Å². The van der Waals surface area contributed by atoms with Crippen molar-refractivity contribution in [2.45, 2.75) is 22.8 Å². The quantitative estimate of drug-likeness (QED) is 0.0830. The number of amides is 1. The summed E-state index contributed by atoms with van der Waals surface area (Å²) in [5, 5.41) is 38.2. The number of rotatable bonds is 11. The summed E-state index contributed by atoms with van der Waals surface area (Å²) in [6.45, 7) is 3.57. The Labute approximate surface area is 296 Å². The number of benzene rings is 3. The second-order valence-electron chi connectivity index (χ2n) is 9.48. The normalized spacial score (nSPS) is 15.2. The minimum absolute atomic E-state index is 0. The van der Waals surface area contributed by atoms with Gasteiger partial charge in [-0.2, -0.15) is 28.8 Å². The largest absolute Gasteiger partial charge is 1.00 e. The van der Waals surface area contributed by atoms with Gasteiger partial charge in [0.25, 0.3) is 16.0 Å². The number of hydrazone groups is 1. The minimum Gasteiger partial charge on any atom is -0.744 e. The van der Waals surface area contributed by atoms with Gasteiger partial charge in [0, 0.05) is 5.39 Å². The average molecular weight is 730 g/mol. The molecule has 0 saturated heterocycles. The number of azo groups is 1. The zero-order chi connectivity index (χ0) is 33.5. The molecule has 4 rings (SSSR count). The van der Waals surface area contributed by atoms with Crippen LogP contribution in [0.2, 0.25) is 10.0 Å². The number of hydrogen-bond donors (Lipinski definition) is 5. The molecule has 3 aromatic rings. The molecule has 1 heterocycles. The summed E-state index contributed by atoms with van der Waals surface area (Å²) in [7, 11) is -9.61. The Kier molecular flexibility index (Phi) is 15.1. The van der Waals surface area contributed by atoms with E-state index in [0.29, 0.717) is 25.0 Å². The number of anilines is 1. The van der Waals surface area contributed by atoms with Crippen LogP contribution in [0.4, 0.5) is 11.4 Å². The summed E-state index contributed by atoms with van der Waals surface area (Å²) in [4.78, 5) is 12.8. The van der Waals surface area contributed by atoms with E-state index in [1.54, 1.807) is 24.3 Å². The van der Waals surface area contributed by atoms with Gasteiger partial charge in [-0.05, 0) is 30.5 Å². The van der Waals surface area contributed by atoms with Crippen LogP contribution in [-0.4, -0.2) is 98.4 Å². The second kappa shape index (κ2) is 17.3. The van der Waals surface area contributed by atoms with Crippen molar-refractivity contribution in [2.75, 3.05) is 44.5 Å². The Hall–Kier alpha value is -2.10. The maximum Gasteiger partial charge on any atom is 1.00 e. The van der Waals surface area contributed by atoms with Crippen LogP contribution < -0.4 is 39.5 Å². The fourth-order valence-corrected chi connectivity index (χ4v) is 6.43. The Morgan fingerprint density at radius 1 is 0.957 bits per heavy atom. The maximum absolute atomic E-state index is 13.0. The van der Waals surface area contributed by atoms with E-state index >= 15 is 0 Å². The number of hydrogen-bond acceptors (Lipinski definition) is 12. The number of nitrogens with zero attached hydrogens (tertiary/aromatic N) is 4. The van der Waals surface area contributed by atoms with Crippen LogP contribution in [0, 0.1) is 0 Å². The summed E-state index contributed by atoms with van der Waals surface area (Å²) in [5.74, 6) is -0.754. The zero-order valence-electron chi connectivity index (χ0n) is 24.5. The van der Waals surface area contributed by atoms with Gasteiger partial charge in [0.2, 0.25) is 0 Å². The zero-order valence-corrected chi connectivity index (χ0v) is 29.7. The van der Waals surface area contributed by atoms with Crippen LogP contribution >= 0.6 is 23.2 Å². The van der Waals surface area contributed by atoms with Gasteiger partial charge >= 0.3 is 29.6 Å². The van der Waals surface area contributed by atoms with Crippen molar-refractivity contribution in [3.05, 3.63) is 58.6 Å². The third kappa shape index (κ3) is 9.96. The smallest absolute Gasteiger partial charge is 0.744 e. The number of aliphatic hydroxyl groups excluding tert-OH is 3. The summed E-state index contributed by atoms with van der Waals surface area (Å²) in [5.41, 5.74) is -0.146. The maximum atomic E-state index is 13.0. The first kappa shape index (κ1) is 40.1. The van der Waals surface area contributed by atoms with E-state index in [0.717, 1.165) is 22.0 Å².